The number of ether oxygens (including phenoxy) is 2. The van der Waals surface area contributed by atoms with E-state index in [1.54, 1.807) is 0 Å². The Labute approximate surface area is 239 Å². The molecule has 0 aliphatic carbocycles. The van der Waals surface area contributed by atoms with E-state index in [-0.39, 0.29) is 12.1 Å². The van der Waals surface area contributed by atoms with E-state index in [2.05, 4.69) is 34.2 Å². The molecular weight excluding hydrogens is 534 g/mol. The standard InChI is InChI=1S/C22H27NO4S.C6H14N4O2/c1-16(2)27-20(22(24)25)15-17-7-9-18(10-8-17)26-13-11-23-12-14-28-21-6-4-3-5-19(21)23;7-4(5(11)12)2-1-3-10-6(8)9/h3-10,16,20H,11-15H2,1-2H3,(H,24,25);4H,1-3,7H2,(H,11,12)(H4,8,9,10)/t20-;/m0./s1. The number of hydrogen-bond acceptors (Lipinski definition) is 8. The molecule has 3 rings (SSSR count). The number of hydrogen-bond donors (Lipinski definition) is 5. The van der Waals surface area contributed by atoms with Gasteiger partial charge in [-0.3, -0.25) is 9.79 Å². The molecule has 220 valence electrons. The monoisotopic (exact) mass is 575 g/mol. The number of aliphatic carboxylic acids is 2. The van der Waals surface area contributed by atoms with Crippen LogP contribution >= 0.6 is 11.8 Å². The first-order chi connectivity index (χ1) is 19.1. The first kappa shape index (κ1) is 32.7. The van der Waals surface area contributed by atoms with Crippen LogP contribution in [0.25, 0.3) is 0 Å². The van der Waals surface area contributed by atoms with Crippen LogP contribution in [-0.4, -0.2) is 78.4 Å². The van der Waals surface area contributed by atoms with E-state index in [1.165, 1.54) is 10.6 Å². The molecule has 0 amide bonds. The predicted molar refractivity (Wildman–Crippen MR) is 158 cm³/mol. The Kier molecular flexibility index (Phi) is 14.1. The SMILES string of the molecule is CC(C)O[C@@H](Cc1ccc(OCCN2CCSc3ccccc32)cc1)C(=O)O.NC(N)=NCCCC(N)C(=O)O. The third-order valence-corrected chi connectivity index (χ3v) is 6.84. The summed E-state index contributed by atoms with van der Waals surface area (Å²) < 4.78 is 11.4. The zero-order valence-electron chi connectivity index (χ0n) is 23.1. The molecule has 1 heterocycles. The first-order valence-corrected chi connectivity index (χ1v) is 14.2. The third kappa shape index (κ3) is 12.1. The van der Waals surface area contributed by atoms with Crippen LogP contribution in [-0.2, 0) is 20.7 Å². The van der Waals surface area contributed by atoms with Crippen LogP contribution in [0.15, 0.2) is 58.4 Å². The van der Waals surface area contributed by atoms with Crippen molar-refractivity contribution in [3.8, 4) is 5.75 Å². The topological polar surface area (TPSA) is 187 Å². The molecule has 0 fully saturated rings. The van der Waals surface area contributed by atoms with Crippen LogP contribution in [0.4, 0.5) is 5.69 Å². The second kappa shape index (κ2) is 17.3. The minimum absolute atomic E-state index is 0.0129. The number of nitrogens with zero attached hydrogens (tertiary/aromatic N) is 2. The van der Waals surface area contributed by atoms with E-state index in [1.807, 2.05) is 49.9 Å². The van der Waals surface area contributed by atoms with Gasteiger partial charge in [0.2, 0.25) is 0 Å². The molecule has 0 bridgehead atoms. The normalized spacial score (nSPS) is 13.8. The van der Waals surface area contributed by atoms with Crippen LogP contribution in [0, 0.1) is 0 Å². The average molecular weight is 576 g/mol. The number of nitrogens with two attached hydrogens (primary N) is 3. The molecule has 0 saturated carbocycles. The van der Waals surface area contributed by atoms with Gasteiger partial charge in [0.1, 0.15) is 18.4 Å². The first-order valence-electron chi connectivity index (χ1n) is 13.2. The fraction of sp³-hybridized carbons (Fsp3) is 0.464. The number of para-hydroxylation sites is 1. The highest BCUT2D eigenvalue weighted by atomic mass is 32.2. The molecular formula is C28H41N5O6S. The van der Waals surface area contributed by atoms with E-state index in [0.717, 1.165) is 30.2 Å². The largest absolute Gasteiger partial charge is 0.492 e. The lowest BCUT2D eigenvalue weighted by atomic mass is 10.1. The second-order valence-corrected chi connectivity index (χ2v) is 10.5. The summed E-state index contributed by atoms with van der Waals surface area (Å²) in [6.45, 7) is 6.56. The molecule has 12 heteroatoms. The summed E-state index contributed by atoms with van der Waals surface area (Å²) in [5.74, 6) is -0.0396. The van der Waals surface area contributed by atoms with Crippen LogP contribution in [0.2, 0.25) is 0 Å². The van der Waals surface area contributed by atoms with Crippen molar-refractivity contribution in [3.63, 3.8) is 0 Å². The Morgan fingerprint density at radius 1 is 1.07 bits per heavy atom. The van der Waals surface area contributed by atoms with Crippen molar-refractivity contribution in [2.75, 3.05) is 36.9 Å². The zero-order valence-corrected chi connectivity index (χ0v) is 23.9. The number of thioether (sulfide) groups is 1. The minimum Gasteiger partial charge on any atom is -0.492 e. The number of guanidine groups is 1. The van der Waals surface area contributed by atoms with Gasteiger partial charge < -0.3 is 41.8 Å². The van der Waals surface area contributed by atoms with E-state index < -0.39 is 24.1 Å². The molecule has 2 atom stereocenters. The highest BCUT2D eigenvalue weighted by Crippen LogP contribution is 2.34. The van der Waals surface area contributed by atoms with Gasteiger partial charge in [0.25, 0.3) is 0 Å². The smallest absolute Gasteiger partial charge is 0.333 e. The van der Waals surface area contributed by atoms with Gasteiger partial charge in [-0.05, 0) is 56.5 Å². The molecule has 0 spiro atoms. The van der Waals surface area contributed by atoms with Crippen LogP contribution in [0.3, 0.4) is 0 Å². The number of rotatable bonds is 14. The molecule has 1 unspecified atom stereocenters. The van der Waals surface area contributed by atoms with Crippen molar-refractivity contribution in [2.24, 2.45) is 22.2 Å². The molecule has 0 aromatic heterocycles. The fourth-order valence-corrected chi connectivity index (χ4v) is 4.88. The van der Waals surface area contributed by atoms with E-state index in [0.29, 0.717) is 32.4 Å². The van der Waals surface area contributed by atoms with Crippen molar-refractivity contribution in [2.45, 2.75) is 56.3 Å². The van der Waals surface area contributed by atoms with Crippen LogP contribution in [0.1, 0.15) is 32.3 Å². The minimum atomic E-state index is -1.00. The van der Waals surface area contributed by atoms with Gasteiger partial charge in [0.05, 0.1) is 18.3 Å². The number of aliphatic imine (C=N–C) groups is 1. The summed E-state index contributed by atoms with van der Waals surface area (Å²) in [5.41, 5.74) is 17.5. The third-order valence-electron chi connectivity index (χ3n) is 5.80. The molecule has 0 radical (unpaired) electrons. The Hall–Kier alpha value is -3.48. The lowest BCUT2D eigenvalue weighted by Crippen LogP contribution is -2.33. The van der Waals surface area contributed by atoms with Crippen LogP contribution < -0.4 is 26.8 Å². The summed E-state index contributed by atoms with van der Waals surface area (Å²) in [4.78, 5) is 28.9. The quantitative estimate of drug-likeness (QED) is 0.127. The maximum absolute atomic E-state index is 11.3. The molecule has 8 N–H and O–H groups in total. The van der Waals surface area contributed by atoms with E-state index in [9.17, 15) is 14.7 Å². The fourth-order valence-electron chi connectivity index (χ4n) is 3.83. The summed E-state index contributed by atoms with van der Waals surface area (Å²) in [7, 11) is 0. The number of fused-ring (bicyclic) bond motifs is 1. The van der Waals surface area contributed by atoms with Gasteiger partial charge in [-0.15, -0.1) is 11.8 Å². The molecule has 0 saturated heterocycles. The van der Waals surface area contributed by atoms with E-state index >= 15 is 0 Å². The average Bonchev–Trinajstić information content (AvgIpc) is 2.91. The maximum atomic E-state index is 11.3. The van der Waals surface area contributed by atoms with Gasteiger partial charge in [-0.1, -0.05) is 24.3 Å². The summed E-state index contributed by atoms with van der Waals surface area (Å²) >= 11 is 1.90. The molecule has 1 aliphatic rings. The van der Waals surface area contributed by atoms with Crippen molar-refractivity contribution in [1.82, 2.24) is 0 Å². The Morgan fingerprint density at radius 2 is 1.77 bits per heavy atom. The molecule has 2 aromatic carbocycles. The number of carboxylic acids is 2. The van der Waals surface area contributed by atoms with Crippen LogP contribution in [0.5, 0.6) is 5.75 Å². The van der Waals surface area contributed by atoms with Gasteiger partial charge >= 0.3 is 11.9 Å². The number of anilines is 1. The van der Waals surface area contributed by atoms with Gasteiger partial charge in [0.15, 0.2) is 12.1 Å². The number of benzene rings is 2. The Morgan fingerprint density at radius 3 is 2.40 bits per heavy atom. The highest BCUT2D eigenvalue weighted by Gasteiger charge is 2.20. The zero-order chi connectivity index (χ0) is 29.5. The van der Waals surface area contributed by atoms with E-state index in [4.69, 9.17) is 31.8 Å². The lowest BCUT2D eigenvalue weighted by molar-refractivity contribution is -0.153. The molecule has 40 heavy (non-hydrogen) atoms. The summed E-state index contributed by atoms with van der Waals surface area (Å²) in [6, 6.07) is 15.3. The van der Waals surface area contributed by atoms with Crippen molar-refractivity contribution >= 4 is 35.3 Å². The van der Waals surface area contributed by atoms with Crippen molar-refractivity contribution in [3.05, 3.63) is 54.1 Å². The predicted octanol–water partition coefficient (Wildman–Crippen LogP) is 2.55. The second-order valence-electron chi connectivity index (χ2n) is 9.41. The Bertz CT molecular complexity index is 1090. The lowest BCUT2D eigenvalue weighted by Gasteiger charge is -2.30. The van der Waals surface area contributed by atoms with Gasteiger partial charge in [0, 0.05) is 30.2 Å². The number of carbonyl (C=O) groups is 2. The number of carboxylic acid groups (broad SMARTS) is 2. The van der Waals surface area contributed by atoms with Crippen molar-refractivity contribution < 1.29 is 29.3 Å². The van der Waals surface area contributed by atoms with Crippen molar-refractivity contribution in [1.29, 1.82) is 0 Å². The molecule has 11 nitrogen and oxygen atoms in total. The van der Waals surface area contributed by atoms with Gasteiger partial charge in [-0.25, -0.2) is 4.79 Å². The molecule has 2 aromatic rings. The summed E-state index contributed by atoms with van der Waals surface area (Å²) in [5, 5.41) is 17.7. The van der Waals surface area contributed by atoms with Gasteiger partial charge in [-0.2, -0.15) is 0 Å². The molecule has 1 aliphatic heterocycles. The Balaban J connectivity index is 0.000000395. The summed E-state index contributed by atoms with van der Waals surface area (Å²) in [6.07, 6.45) is 0.346. The maximum Gasteiger partial charge on any atom is 0.333 e. The highest BCUT2D eigenvalue weighted by molar-refractivity contribution is 7.99.